The molecular weight excluding hydrogens is 418 g/mol. The van der Waals surface area contributed by atoms with Crippen molar-refractivity contribution in [2.45, 2.75) is 11.8 Å². The van der Waals surface area contributed by atoms with E-state index in [0.29, 0.717) is 28.4 Å². The van der Waals surface area contributed by atoms with Crippen molar-refractivity contribution in [1.82, 2.24) is 0 Å². The topological polar surface area (TPSA) is 114 Å². The standard InChI is InChI=1S/C22H21N3O5S/c1-15(26)23-17-11-13-19(14-12-17)31(28,29)25-18-9-7-16(8-10-18)22(27)24-20-5-3-4-6-21(20)30-2/h3-14,25H,1-2H3,(H,23,26)(H,24,27). The second kappa shape index (κ2) is 9.31. The molecule has 0 spiro atoms. The van der Waals surface area contributed by atoms with E-state index in [0.717, 1.165) is 0 Å². The molecule has 0 bridgehead atoms. The fraction of sp³-hybridized carbons (Fsp3) is 0.0909. The van der Waals surface area contributed by atoms with E-state index in [-0.39, 0.29) is 16.7 Å². The minimum atomic E-state index is -3.83. The van der Waals surface area contributed by atoms with E-state index in [9.17, 15) is 18.0 Å². The molecule has 0 saturated carbocycles. The van der Waals surface area contributed by atoms with Gasteiger partial charge in [0, 0.05) is 23.9 Å². The van der Waals surface area contributed by atoms with Crippen LogP contribution in [0.15, 0.2) is 77.7 Å². The van der Waals surface area contributed by atoms with Gasteiger partial charge in [-0.25, -0.2) is 8.42 Å². The van der Waals surface area contributed by atoms with E-state index in [1.165, 1.54) is 62.6 Å². The van der Waals surface area contributed by atoms with Gasteiger partial charge >= 0.3 is 0 Å². The Morgan fingerprint density at radius 2 is 1.42 bits per heavy atom. The second-order valence-electron chi connectivity index (χ2n) is 6.54. The van der Waals surface area contributed by atoms with Gasteiger partial charge in [-0.05, 0) is 60.7 Å². The number of para-hydroxylation sites is 2. The fourth-order valence-corrected chi connectivity index (χ4v) is 3.83. The average Bonchev–Trinajstić information content (AvgIpc) is 2.74. The number of rotatable bonds is 7. The maximum atomic E-state index is 12.6. The molecule has 2 amide bonds. The van der Waals surface area contributed by atoms with Crippen LogP contribution in [-0.2, 0) is 14.8 Å². The lowest BCUT2D eigenvalue weighted by Gasteiger charge is -2.11. The number of anilines is 3. The van der Waals surface area contributed by atoms with Gasteiger partial charge in [-0.15, -0.1) is 0 Å². The Hall–Kier alpha value is -3.85. The summed E-state index contributed by atoms with van der Waals surface area (Å²) in [5.74, 6) is -0.0687. The SMILES string of the molecule is COc1ccccc1NC(=O)c1ccc(NS(=O)(=O)c2ccc(NC(C)=O)cc2)cc1. The van der Waals surface area contributed by atoms with Crippen molar-refractivity contribution in [2.75, 3.05) is 22.5 Å². The molecule has 0 aliphatic carbocycles. The predicted molar refractivity (Wildman–Crippen MR) is 119 cm³/mol. The van der Waals surface area contributed by atoms with Crippen LogP contribution in [0.2, 0.25) is 0 Å². The third-order valence-corrected chi connectivity index (χ3v) is 5.64. The van der Waals surface area contributed by atoms with Gasteiger partial charge in [-0.3, -0.25) is 14.3 Å². The highest BCUT2D eigenvalue weighted by molar-refractivity contribution is 7.92. The summed E-state index contributed by atoms with van der Waals surface area (Å²) in [7, 11) is -2.32. The Morgan fingerprint density at radius 1 is 0.806 bits per heavy atom. The molecule has 0 unspecified atom stereocenters. The largest absolute Gasteiger partial charge is 0.495 e. The van der Waals surface area contributed by atoms with E-state index in [2.05, 4.69) is 15.4 Å². The molecular formula is C22H21N3O5S. The van der Waals surface area contributed by atoms with Crippen LogP contribution >= 0.6 is 0 Å². The Morgan fingerprint density at radius 3 is 2.03 bits per heavy atom. The summed E-state index contributed by atoms with van der Waals surface area (Å²) < 4.78 is 32.8. The van der Waals surface area contributed by atoms with Crippen LogP contribution in [0.5, 0.6) is 5.75 Å². The molecule has 160 valence electrons. The lowest BCUT2D eigenvalue weighted by atomic mass is 10.2. The maximum absolute atomic E-state index is 12.6. The van der Waals surface area contributed by atoms with Gasteiger partial charge in [0.05, 0.1) is 17.7 Å². The summed E-state index contributed by atoms with van der Waals surface area (Å²) in [4.78, 5) is 23.6. The molecule has 3 aromatic rings. The minimum absolute atomic E-state index is 0.0413. The first-order valence-electron chi connectivity index (χ1n) is 9.23. The van der Waals surface area contributed by atoms with Gasteiger partial charge in [-0.2, -0.15) is 0 Å². The number of sulfonamides is 1. The van der Waals surface area contributed by atoms with Crippen molar-refractivity contribution in [3.8, 4) is 5.75 Å². The van der Waals surface area contributed by atoms with Crippen LogP contribution < -0.4 is 20.1 Å². The molecule has 0 heterocycles. The molecule has 9 heteroatoms. The number of amides is 2. The van der Waals surface area contributed by atoms with E-state index in [4.69, 9.17) is 4.74 Å². The van der Waals surface area contributed by atoms with Crippen molar-refractivity contribution in [3.63, 3.8) is 0 Å². The van der Waals surface area contributed by atoms with Crippen LogP contribution in [-0.4, -0.2) is 27.3 Å². The minimum Gasteiger partial charge on any atom is -0.495 e. The number of benzene rings is 3. The van der Waals surface area contributed by atoms with Crippen molar-refractivity contribution in [1.29, 1.82) is 0 Å². The van der Waals surface area contributed by atoms with Gasteiger partial charge in [0.2, 0.25) is 5.91 Å². The van der Waals surface area contributed by atoms with Crippen LogP contribution in [0.25, 0.3) is 0 Å². The zero-order valence-corrected chi connectivity index (χ0v) is 17.7. The molecule has 0 aromatic heterocycles. The van der Waals surface area contributed by atoms with E-state index in [1.54, 1.807) is 24.3 Å². The molecule has 31 heavy (non-hydrogen) atoms. The summed E-state index contributed by atoms with van der Waals surface area (Å²) >= 11 is 0. The van der Waals surface area contributed by atoms with Crippen LogP contribution in [0.3, 0.4) is 0 Å². The third kappa shape index (κ3) is 5.61. The van der Waals surface area contributed by atoms with Crippen LogP contribution in [0.4, 0.5) is 17.1 Å². The van der Waals surface area contributed by atoms with Crippen LogP contribution in [0.1, 0.15) is 17.3 Å². The summed E-state index contributed by atoms with van der Waals surface area (Å²) in [6, 6.07) is 18.8. The Kier molecular flexibility index (Phi) is 6.56. The van der Waals surface area contributed by atoms with E-state index in [1.807, 2.05) is 0 Å². The van der Waals surface area contributed by atoms with Crippen molar-refractivity contribution in [2.24, 2.45) is 0 Å². The average molecular weight is 439 g/mol. The molecule has 0 aliphatic heterocycles. The molecule has 0 fully saturated rings. The van der Waals surface area contributed by atoms with Gasteiger partial charge in [-0.1, -0.05) is 12.1 Å². The summed E-state index contributed by atoms with van der Waals surface area (Å²) in [6.45, 7) is 1.37. The lowest BCUT2D eigenvalue weighted by molar-refractivity contribution is -0.114. The molecule has 8 nitrogen and oxygen atoms in total. The van der Waals surface area contributed by atoms with E-state index < -0.39 is 10.0 Å². The number of nitrogens with one attached hydrogen (secondary N) is 3. The second-order valence-corrected chi connectivity index (χ2v) is 8.23. The number of methoxy groups -OCH3 is 1. The highest BCUT2D eigenvalue weighted by Crippen LogP contribution is 2.24. The summed E-state index contributed by atoms with van der Waals surface area (Å²) in [5, 5.41) is 5.33. The lowest BCUT2D eigenvalue weighted by Crippen LogP contribution is -2.14. The molecule has 3 aromatic carbocycles. The van der Waals surface area contributed by atoms with Gasteiger partial charge in [0.15, 0.2) is 0 Å². The first-order valence-corrected chi connectivity index (χ1v) is 10.7. The third-order valence-electron chi connectivity index (χ3n) is 4.24. The van der Waals surface area contributed by atoms with E-state index >= 15 is 0 Å². The monoisotopic (exact) mass is 439 g/mol. The highest BCUT2D eigenvalue weighted by atomic mass is 32.2. The van der Waals surface area contributed by atoms with Gasteiger partial charge in [0.25, 0.3) is 15.9 Å². The van der Waals surface area contributed by atoms with Gasteiger partial charge < -0.3 is 15.4 Å². The normalized spacial score (nSPS) is 10.8. The number of hydrogen-bond acceptors (Lipinski definition) is 5. The molecule has 0 atom stereocenters. The highest BCUT2D eigenvalue weighted by Gasteiger charge is 2.15. The molecule has 0 radical (unpaired) electrons. The summed E-state index contributed by atoms with van der Waals surface area (Å²) in [6.07, 6.45) is 0. The van der Waals surface area contributed by atoms with Crippen molar-refractivity contribution >= 4 is 38.9 Å². The fourth-order valence-electron chi connectivity index (χ4n) is 2.77. The summed E-state index contributed by atoms with van der Waals surface area (Å²) in [5.41, 5.74) is 1.69. The number of hydrogen-bond donors (Lipinski definition) is 3. The number of carbonyl (C=O) groups is 2. The quantitative estimate of drug-likeness (QED) is 0.519. The smallest absolute Gasteiger partial charge is 0.261 e. The molecule has 0 aliphatic rings. The van der Waals surface area contributed by atoms with Crippen molar-refractivity contribution < 1.29 is 22.7 Å². The first-order chi connectivity index (χ1) is 14.8. The predicted octanol–water partition coefficient (Wildman–Crippen LogP) is 3.71. The molecule has 3 N–H and O–H groups in total. The zero-order valence-electron chi connectivity index (χ0n) is 16.9. The Bertz CT molecular complexity index is 1190. The maximum Gasteiger partial charge on any atom is 0.261 e. The van der Waals surface area contributed by atoms with Gasteiger partial charge in [0.1, 0.15) is 5.75 Å². The number of ether oxygens (including phenoxy) is 1. The number of carbonyl (C=O) groups excluding carboxylic acids is 2. The Labute approximate surface area is 180 Å². The first kappa shape index (κ1) is 21.8. The van der Waals surface area contributed by atoms with Crippen molar-refractivity contribution in [3.05, 3.63) is 78.4 Å². The Balaban J connectivity index is 1.69. The molecule has 0 saturated heterocycles. The molecule has 3 rings (SSSR count). The zero-order chi connectivity index (χ0) is 22.4. The van der Waals surface area contributed by atoms with Crippen LogP contribution in [0, 0.1) is 0 Å².